The van der Waals surface area contributed by atoms with Crippen LogP contribution in [-0.4, -0.2) is 23.2 Å². The lowest BCUT2D eigenvalue weighted by atomic mass is 10.3. The van der Waals surface area contributed by atoms with Gasteiger partial charge in [-0.05, 0) is 13.3 Å². The summed E-state index contributed by atoms with van der Waals surface area (Å²) in [5.41, 5.74) is 0. The predicted octanol–water partition coefficient (Wildman–Crippen LogP) is 0.655. The minimum Gasteiger partial charge on any atom is -0.469 e. The van der Waals surface area contributed by atoms with Crippen LogP contribution in [0.5, 0.6) is 0 Å². The maximum absolute atomic E-state index is 11.1. The van der Waals surface area contributed by atoms with Crippen LogP contribution < -0.4 is 0 Å². The molecule has 1 saturated carbocycles. The number of methoxy groups -OCH3 is 1. The van der Waals surface area contributed by atoms with E-state index in [9.17, 15) is 4.79 Å². The van der Waals surface area contributed by atoms with Crippen molar-refractivity contribution in [1.82, 2.24) is 10.1 Å². The highest BCUT2D eigenvalue weighted by atomic mass is 16.5. The largest absolute Gasteiger partial charge is 0.469 e. The Balaban J connectivity index is 2.04. The first kappa shape index (κ1) is 8.22. The molecule has 1 heterocycles. The smallest absolute Gasteiger partial charge is 0.309 e. The summed E-state index contributed by atoms with van der Waals surface area (Å²) in [6.07, 6.45) is 0.758. The standard InChI is InChI=1S/C8H10N2O3/c1-4-9-7(13-10-4)5-3-6(5)8(11)12-2/h5-6H,3H2,1-2H3. The third kappa shape index (κ3) is 1.41. The van der Waals surface area contributed by atoms with Gasteiger partial charge in [0.05, 0.1) is 18.9 Å². The number of esters is 1. The normalized spacial score (nSPS) is 25.7. The minimum atomic E-state index is -0.194. The number of nitrogens with zero attached hydrogens (tertiary/aromatic N) is 2. The van der Waals surface area contributed by atoms with Crippen molar-refractivity contribution in [1.29, 1.82) is 0 Å². The Labute approximate surface area is 75.1 Å². The Morgan fingerprint density at radius 1 is 1.69 bits per heavy atom. The third-order valence-electron chi connectivity index (χ3n) is 2.15. The lowest BCUT2D eigenvalue weighted by molar-refractivity contribution is -0.142. The molecule has 1 aromatic heterocycles. The highest BCUT2D eigenvalue weighted by Crippen LogP contribution is 2.47. The monoisotopic (exact) mass is 182 g/mol. The molecule has 13 heavy (non-hydrogen) atoms. The van der Waals surface area contributed by atoms with Crippen molar-refractivity contribution in [3.63, 3.8) is 0 Å². The molecule has 70 valence electrons. The molecular formula is C8H10N2O3. The quantitative estimate of drug-likeness (QED) is 0.628. The van der Waals surface area contributed by atoms with Gasteiger partial charge in [0.25, 0.3) is 0 Å². The van der Waals surface area contributed by atoms with Crippen LogP contribution in [0, 0.1) is 12.8 Å². The van der Waals surface area contributed by atoms with Gasteiger partial charge in [-0.3, -0.25) is 4.79 Å². The van der Waals surface area contributed by atoms with E-state index >= 15 is 0 Å². The van der Waals surface area contributed by atoms with Gasteiger partial charge in [0, 0.05) is 0 Å². The van der Waals surface area contributed by atoms with Crippen molar-refractivity contribution in [2.45, 2.75) is 19.3 Å². The molecule has 0 bridgehead atoms. The second kappa shape index (κ2) is 2.83. The number of rotatable bonds is 2. The van der Waals surface area contributed by atoms with Gasteiger partial charge in [0.2, 0.25) is 5.89 Å². The second-order valence-electron chi connectivity index (χ2n) is 3.15. The van der Waals surface area contributed by atoms with Crippen LogP contribution in [-0.2, 0) is 9.53 Å². The molecule has 0 spiro atoms. The number of hydrogen-bond acceptors (Lipinski definition) is 5. The summed E-state index contributed by atoms with van der Waals surface area (Å²) < 4.78 is 9.55. The van der Waals surface area contributed by atoms with E-state index in [2.05, 4.69) is 14.9 Å². The van der Waals surface area contributed by atoms with Crippen molar-refractivity contribution in [3.8, 4) is 0 Å². The van der Waals surface area contributed by atoms with Crippen molar-refractivity contribution in [2.24, 2.45) is 5.92 Å². The predicted molar refractivity (Wildman–Crippen MR) is 41.9 cm³/mol. The Morgan fingerprint density at radius 2 is 2.46 bits per heavy atom. The van der Waals surface area contributed by atoms with Crippen LogP contribution >= 0.6 is 0 Å². The fourth-order valence-corrected chi connectivity index (χ4v) is 1.34. The van der Waals surface area contributed by atoms with E-state index in [0.717, 1.165) is 6.42 Å². The Hall–Kier alpha value is -1.39. The minimum absolute atomic E-state index is 0.0775. The molecule has 0 saturated heterocycles. The number of ether oxygens (including phenoxy) is 1. The summed E-state index contributed by atoms with van der Waals surface area (Å²) in [6, 6.07) is 0. The van der Waals surface area contributed by atoms with Gasteiger partial charge in [-0.25, -0.2) is 0 Å². The Kier molecular flexibility index (Phi) is 1.79. The van der Waals surface area contributed by atoms with Crippen LogP contribution in [0.1, 0.15) is 24.1 Å². The maximum atomic E-state index is 11.1. The van der Waals surface area contributed by atoms with Gasteiger partial charge in [0.15, 0.2) is 5.82 Å². The molecule has 1 aromatic rings. The zero-order chi connectivity index (χ0) is 9.42. The van der Waals surface area contributed by atoms with E-state index in [1.165, 1.54) is 7.11 Å². The Bertz CT molecular complexity index is 334. The molecule has 1 aliphatic rings. The molecule has 5 heteroatoms. The van der Waals surface area contributed by atoms with E-state index in [-0.39, 0.29) is 17.8 Å². The number of carbonyl (C=O) groups excluding carboxylic acids is 1. The summed E-state index contributed by atoms with van der Waals surface area (Å²) in [4.78, 5) is 15.1. The van der Waals surface area contributed by atoms with E-state index in [0.29, 0.717) is 11.7 Å². The highest BCUT2D eigenvalue weighted by molar-refractivity contribution is 5.76. The van der Waals surface area contributed by atoms with Crippen molar-refractivity contribution < 1.29 is 14.1 Å². The van der Waals surface area contributed by atoms with Gasteiger partial charge >= 0.3 is 5.97 Å². The van der Waals surface area contributed by atoms with E-state index < -0.39 is 0 Å². The molecule has 0 radical (unpaired) electrons. The summed E-state index contributed by atoms with van der Waals surface area (Å²) >= 11 is 0. The Morgan fingerprint density at radius 3 is 3.00 bits per heavy atom. The molecule has 0 aliphatic heterocycles. The SMILES string of the molecule is COC(=O)C1CC1c1nc(C)no1. The summed E-state index contributed by atoms with van der Waals surface area (Å²) in [7, 11) is 1.39. The van der Waals surface area contributed by atoms with Gasteiger partial charge in [-0.15, -0.1) is 0 Å². The molecule has 5 nitrogen and oxygen atoms in total. The van der Waals surface area contributed by atoms with E-state index in [1.54, 1.807) is 6.92 Å². The number of hydrogen-bond donors (Lipinski definition) is 0. The zero-order valence-corrected chi connectivity index (χ0v) is 7.48. The molecule has 0 aromatic carbocycles. The summed E-state index contributed by atoms with van der Waals surface area (Å²) in [6.45, 7) is 1.75. The molecule has 2 rings (SSSR count). The molecule has 1 fully saturated rings. The molecule has 0 amide bonds. The lowest BCUT2D eigenvalue weighted by Gasteiger charge is -1.93. The average Bonchev–Trinajstić information content (AvgIpc) is 2.82. The first-order chi connectivity index (χ1) is 6.22. The summed E-state index contributed by atoms with van der Waals surface area (Å²) in [5, 5.41) is 3.66. The first-order valence-electron chi connectivity index (χ1n) is 4.10. The average molecular weight is 182 g/mol. The molecule has 0 N–H and O–H groups in total. The topological polar surface area (TPSA) is 65.2 Å². The van der Waals surface area contributed by atoms with Gasteiger partial charge in [-0.2, -0.15) is 4.98 Å². The van der Waals surface area contributed by atoms with Crippen LogP contribution in [0.15, 0.2) is 4.52 Å². The van der Waals surface area contributed by atoms with Gasteiger partial charge in [-0.1, -0.05) is 5.16 Å². The second-order valence-corrected chi connectivity index (χ2v) is 3.15. The maximum Gasteiger partial charge on any atom is 0.309 e. The van der Waals surface area contributed by atoms with Crippen LogP contribution in [0.3, 0.4) is 0 Å². The van der Waals surface area contributed by atoms with E-state index in [4.69, 9.17) is 4.52 Å². The van der Waals surface area contributed by atoms with Crippen molar-refractivity contribution >= 4 is 5.97 Å². The molecule has 1 aliphatic carbocycles. The van der Waals surface area contributed by atoms with E-state index in [1.807, 2.05) is 0 Å². The molecule has 2 unspecified atom stereocenters. The van der Waals surface area contributed by atoms with Crippen LogP contribution in [0.2, 0.25) is 0 Å². The van der Waals surface area contributed by atoms with Crippen molar-refractivity contribution in [3.05, 3.63) is 11.7 Å². The number of aromatic nitrogens is 2. The van der Waals surface area contributed by atoms with Crippen LogP contribution in [0.4, 0.5) is 0 Å². The van der Waals surface area contributed by atoms with Crippen LogP contribution in [0.25, 0.3) is 0 Å². The fourth-order valence-electron chi connectivity index (χ4n) is 1.34. The number of aryl methyl sites for hydroxylation is 1. The van der Waals surface area contributed by atoms with Crippen molar-refractivity contribution in [2.75, 3.05) is 7.11 Å². The first-order valence-corrected chi connectivity index (χ1v) is 4.10. The third-order valence-corrected chi connectivity index (χ3v) is 2.15. The van der Waals surface area contributed by atoms with Gasteiger partial charge < -0.3 is 9.26 Å². The summed E-state index contributed by atoms with van der Waals surface area (Å²) in [5.74, 6) is 0.956. The number of carbonyl (C=O) groups is 1. The lowest BCUT2D eigenvalue weighted by Crippen LogP contribution is -2.03. The highest BCUT2D eigenvalue weighted by Gasteiger charge is 2.48. The molecule has 2 atom stereocenters. The van der Waals surface area contributed by atoms with Gasteiger partial charge in [0.1, 0.15) is 0 Å². The fraction of sp³-hybridized carbons (Fsp3) is 0.625. The zero-order valence-electron chi connectivity index (χ0n) is 7.48. The molecular weight excluding hydrogens is 172 g/mol.